The molecule has 0 atom stereocenters. The van der Waals surface area contributed by atoms with Crippen molar-refractivity contribution in [3.8, 4) is 0 Å². The molecule has 0 aliphatic carbocycles. The number of nitrogens with zero attached hydrogens (tertiary/aromatic N) is 3. The van der Waals surface area contributed by atoms with E-state index in [2.05, 4.69) is 25.8 Å². The summed E-state index contributed by atoms with van der Waals surface area (Å²) in [6.45, 7) is 6.80. The second-order valence-corrected chi connectivity index (χ2v) is 9.73. The number of hydrogen-bond acceptors (Lipinski definition) is 5. The predicted octanol–water partition coefficient (Wildman–Crippen LogP) is 3.07. The van der Waals surface area contributed by atoms with Gasteiger partial charge < -0.3 is 4.74 Å². The molecule has 1 aromatic heterocycles. The average molecular weight is 468 g/mol. The monoisotopic (exact) mass is 467 g/mol. The summed E-state index contributed by atoms with van der Waals surface area (Å²) < 4.78 is 34.6. The van der Waals surface area contributed by atoms with E-state index < -0.39 is 10.0 Å². The van der Waals surface area contributed by atoms with E-state index in [1.807, 2.05) is 31.2 Å². The van der Waals surface area contributed by atoms with Crippen molar-refractivity contribution in [3.05, 3.63) is 58.3 Å². The van der Waals surface area contributed by atoms with Crippen molar-refractivity contribution in [1.82, 2.24) is 14.2 Å². The summed E-state index contributed by atoms with van der Waals surface area (Å²) in [6, 6.07) is 9.10. The van der Waals surface area contributed by atoms with Crippen LogP contribution in [0.4, 0.5) is 0 Å². The summed E-state index contributed by atoms with van der Waals surface area (Å²) in [5.74, 6) is 0. The Morgan fingerprint density at radius 3 is 2.61 bits per heavy atom. The van der Waals surface area contributed by atoms with Crippen molar-refractivity contribution in [2.24, 2.45) is 0 Å². The highest BCUT2D eigenvalue weighted by Gasteiger charge is 2.26. The molecule has 0 bridgehead atoms. The third-order valence-electron chi connectivity index (χ3n) is 4.86. The summed E-state index contributed by atoms with van der Waals surface area (Å²) in [7, 11) is -3.62. The average Bonchev–Trinajstić information content (AvgIpc) is 2.70. The number of halogens is 1. The first-order chi connectivity index (χ1) is 13.5. The van der Waals surface area contributed by atoms with Crippen LogP contribution in [0.15, 0.2) is 52.1 Å². The van der Waals surface area contributed by atoms with Gasteiger partial charge in [0.1, 0.15) is 0 Å². The number of aromatic nitrogens is 1. The van der Waals surface area contributed by atoms with E-state index in [9.17, 15) is 8.42 Å². The molecule has 1 aliphatic rings. The van der Waals surface area contributed by atoms with Crippen molar-refractivity contribution in [1.29, 1.82) is 0 Å². The van der Waals surface area contributed by atoms with E-state index in [0.29, 0.717) is 18.0 Å². The molecule has 1 aliphatic heterocycles. The number of rotatable bonds is 8. The molecule has 8 heteroatoms. The molecule has 0 N–H and O–H groups in total. The smallest absolute Gasteiger partial charge is 0.243 e. The van der Waals surface area contributed by atoms with E-state index in [-0.39, 0.29) is 0 Å². The van der Waals surface area contributed by atoms with Gasteiger partial charge >= 0.3 is 0 Å². The minimum Gasteiger partial charge on any atom is -0.379 e. The van der Waals surface area contributed by atoms with Crippen LogP contribution in [0, 0.1) is 6.92 Å². The van der Waals surface area contributed by atoms with Crippen molar-refractivity contribution < 1.29 is 13.2 Å². The van der Waals surface area contributed by atoms with Gasteiger partial charge in [-0.3, -0.25) is 9.88 Å². The van der Waals surface area contributed by atoms with Gasteiger partial charge in [-0.1, -0.05) is 22.0 Å². The standard InChI is InChI=1S/C20H26BrN3O3S/c1-17-3-4-19(21)15-20(17)28(25,26)24(16-18-5-7-22-8-6-18)10-2-9-23-11-13-27-14-12-23/h3-8,15H,2,9-14,16H2,1H3. The van der Waals surface area contributed by atoms with E-state index in [0.717, 1.165) is 54.9 Å². The lowest BCUT2D eigenvalue weighted by Gasteiger charge is -2.28. The number of morpholine rings is 1. The molecule has 2 aromatic rings. The third kappa shape index (κ3) is 5.61. The Labute approximate surface area is 175 Å². The summed E-state index contributed by atoms with van der Waals surface area (Å²) in [5, 5.41) is 0. The fourth-order valence-corrected chi connectivity index (χ4v) is 5.49. The Balaban J connectivity index is 1.79. The number of benzene rings is 1. The normalized spacial score (nSPS) is 15.8. The molecule has 2 heterocycles. The van der Waals surface area contributed by atoms with Crippen molar-refractivity contribution in [2.75, 3.05) is 39.4 Å². The molecule has 1 fully saturated rings. The lowest BCUT2D eigenvalue weighted by molar-refractivity contribution is 0.0368. The number of aryl methyl sites for hydroxylation is 1. The zero-order valence-electron chi connectivity index (χ0n) is 16.1. The molecule has 0 unspecified atom stereocenters. The van der Waals surface area contributed by atoms with Crippen LogP contribution < -0.4 is 0 Å². The molecular weight excluding hydrogens is 442 g/mol. The second-order valence-electron chi connectivity index (χ2n) is 6.91. The maximum Gasteiger partial charge on any atom is 0.243 e. The Bertz CT molecular complexity index is 872. The molecule has 1 aromatic carbocycles. The SMILES string of the molecule is Cc1ccc(Br)cc1S(=O)(=O)N(CCCN1CCOCC1)Cc1ccncc1. The van der Waals surface area contributed by atoms with Gasteiger partial charge in [0.15, 0.2) is 0 Å². The Kier molecular flexibility index (Phi) is 7.59. The highest BCUT2D eigenvalue weighted by molar-refractivity contribution is 9.10. The van der Waals surface area contributed by atoms with Crippen LogP contribution >= 0.6 is 15.9 Å². The van der Waals surface area contributed by atoms with Crippen LogP contribution in [0.25, 0.3) is 0 Å². The van der Waals surface area contributed by atoms with Gasteiger partial charge in [0, 0.05) is 43.0 Å². The number of ether oxygens (including phenoxy) is 1. The molecular formula is C20H26BrN3O3S. The van der Waals surface area contributed by atoms with Crippen molar-refractivity contribution >= 4 is 26.0 Å². The lowest BCUT2D eigenvalue weighted by atomic mass is 10.2. The van der Waals surface area contributed by atoms with E-state index in [1.54, 1.807) is 22.8 Å². The van der Waals surface area contributed by atoms with Crippen molar-refractivity contribution in [3.63, 3.8) is 0 Å². The molecule has 1 saturated heterocycles. The van der Waals surface area contributed by atoms with Crippen LogP contribution in [0.2, 0.25) is 0 Å². The molecule has 0 spiro atoms. The van der Waals surface area contributed by atoms with Crippen LogP contribution in [0.3, 0.4) is 0 Å². The van der Waals surface area contributed by atoms with Gasteiger partial charge in [0.25, 0.3) is 0 Å². The first-order valence-corrected chi connectivity index (χ1v) is 11.7. The quantitative estimate of drug-likeness (QED) is 0.596. The van der Waals surface area contributed by atoms with E-state index in [1.165, 1.54) is 0 Å². The highest BCUT2D eigenvalue weighted by atomic mass is 79.9. The lowest BCUT2D eigenvalue weighted by Crippen LogP contribution is -2.39. The maximum atomic E-state index is 13.4. The Hall–Kier alpha value is -1.32. The van der Waals surface area contributed by atoms with Gasteiger partial charge in [0.2, 0.25) is 10.0 Å². The van der Waals surface area contributed by atoms with E-state index >= 15 is 0 Å². The molecule has 0 amide bonds. The number of sulfonamides is 1. The van der Waals surface area contributed by atoms with Crippen molar-refractivity contribution in [2.45, 2.75) is 24.8 Å². The van der Waals surface area contributed by atoms with Gasteiger partial charge in [-0.25, -0.2) is 8.42 Å². The predicted molar refractivity (Wildman–Crippen MR) is 113 cm³/mol. The Morgan fingerprint density at radius 2 is 1.89 bits per heavy atom. The fraction of sp³-hybridized carbons (Fsp3) is 0.450. The third-order valence-corrected chi connectivity index (χ3v) is 7.34. The fourth-order valence-electron chi connectivity index (χ4n) is 3.26. The summed E-state index contributed by atoms with van der Waals surface area (Å²) in [4.78, 5) is 6.70. The first-order valence-electron chi connectivity index (χ1n) is 9.42. The van der Waals surface area contributed by atoms with E-state index in [4.69, 9.17) is 4.74 Å². The minimum absolute atomic E-state index is 0.333. The summed E-state index contributed by atoms with van der Waals surface area (Å²) in [5.41, 5.74) is 1.67. The molecule has 0 saturated carbocycles. The van der Waals surface area contributed by atoms with Crippen LogP contribution in [0.1, 0.15) is 17.5 Å². The minimum atomic E-state index is -3.62. The zero-order valence-corrected chi connectivity index (χ0v) is 18.5. The van der Waals surface area contributed by atoms with Gasteiger partial charge in [-0.05, 0) is 55.3 Å². The van der Waals surface area contributed by atoms with Crippen LogP contribution in [0.5, 0.6) is 0 Å². The summed E-state index contributed by atoms with van der Waals surface area (Å²) in [6.07, 6.45) is 4.16. The van der Waals surface area contributed by atoms with Gasteiger partial charge in [0.05, 0.1) is 18.1 Å². The molecule has 28 heavy (non-hydrogen) atoms. The molecule has 0 radical (unpaired) electrons. The highest BCUT2D eigenvalue weighted by Crippen LogP contribution is 2.25. The zero-order chi connectivity index (χ0) is 20.0. The molecule has 6 nitrogen and oxygen atoms in total. The maximum absolute atomic E-state index is 13.4. The summed E-state index contributed by atoms with van der Waals surface area (Å²) >= 11 is 3.40. The van der Waals surface area contributed by atoms with Gasteiger partial charge in [-0.15, -0.1) is 0 Å². The largest absolute Gasteiger partial charge is 0.379 e. The van der Waals surface area contributed by atoms with Gasteiger partial charge in [-0.2, -0.15) is 4.31 Å². The number of pyridine rings is 1. The first kappa shape index (κ1) is 21.4. The molecule has 152 valence electrons. The second kappa shape index (κ2) is 9.93. The molecule has 3 rings (SSSR count). The van der Waals surface area contributed by atoms with Crippen LogP contribution in [-0.2, 0) is 21.3 Å². The Morgan fingerprint density at radius 1 is 1.18 bits per heavy atom. The topological polar surface area (TPSA) is 62.7 Å². The van der Waals surface area contributed by atoms with Crippen LogP contribution in [-0.4, -0.2) is 62.0 Å². The number of hydrogen-bond donors (Lipinski definition) is 0.